The van der Waals surface area contributed by atoms with Gasteiger partial charge in [0.2, 0.25) is 0 Å². The second-order valence-corrected chi connectivity index (χ2v) is 7.17. The van der Waals surface area contributed by atoms with Gasteiger partial charge in [0.25, 0.3) is 5.91 Å². The Hall–Kier alpha value is -1.49. The van der Waals surface area contributed by atoms with Crippen LogP contribution >= 0.6 is 11.8 Å². The first-order chi connectivity index (χ1) is 10.6. The Balaban J connectivity index is 1.79. The second-order valence-electron chi connectivity index (χ2n) is 6.29. The van der Waals surface area contributed by atoms with Gasteiger partial charge in [-0.25, -0.2) is 4.79 Å². The van der Waals surface area contributed by atoms with Crippen LogP contribution in [0.4, 0.5) is 4.79 Å². The largest absolute Gasteiger partial charge is 0.325 e. The Morgan fingerprint density at radius 1 is 1.27 bits per heavy atom. The highest BCUT2D eigenvalue weighted by molar-refractivity contribution is 7.98. The van der Waals surface area contributed by atoms with Crippen molar-refractivity contribution < 1.29 is 9.59 Å². The molecule has 1 aromatic carbocycles. The van der Waals surface area contributed by atoms with Crippen molar-refractivity contribution in [2.45, 2.75) is 49.6 Å². The van der Waals surface area contributed by atoms with Crippen LogP contribution in [0.1, 0.15) is 38.2 Å². The van der Waals surface area contributed by atoms with Crippen LogP contribution in [0.5, 0.6) is 0 Å². The van der Waals surface area contributed by atoms with Gasteiger partial charge in [-0.1, -0.05) is 31.9 Å². The number of carbonyl (C=O) groups is 2. The van der Waals surface area contributed by atoms with Gasteiger partial charge in [-0.15, -0.1) is 11.8 Å². The number of rotatable bonds is 3. The molecular weight excluding hydrogens is 296 g/mol. The maximum Gasteiger partial charge on any atom is 0.325 e. The molecule has 0 unspecified atom stereocenters. The van der Waals surface area contributed by atoms with E-state index in [0.717, 1.165) is 31.2 Å². The van der Waals surface area contributed by atoms with E-state index in [1.54, 1.807) is 11.8 Å². The van der Waals surface area contributed by atoms with Gasteiger partial charge in [0, 0.05) is 4.90 Å². The fourth-order valence-electron chi connectivity index (χ4n) is 3.55. The third kappa shape index (κ3) is 2.51. The zero-order valence-electron chi connectivity index (χ0n) is 13.1. The number of hydrogen-bond acceptors (Lipinski definition) is 3. The zero-order chi connectivity index (χ0) is 15.7. The van der Waals surface area contributed by atoms with Crippen molar-refractivity contribution in [3.63, 3.8) is 0 Å². The highest BCUT2D eigenvalue weighted by atomic mass is 32.2. The molecule has 3 rings (SSSR count). The van der Waals surface area contributed by atoms with Crippen LogP contribution in [-0.2, 0) is 11.3 Å². The number of hydrogen-bond donors (Lipinski definition) is 1. The summed E-state index contributed by atoms with van der Waals surface area (Å²) in [6.45, 7) is 2.43. The number of thioether (sulfide) groups is 1. The van der Waals surface area contributed by atoms with Crippen LogP contribution in [0, 0.1) is 5.92 Å². The summed E-state index contributed by atoms with van der Waals surface area (Å²) in [7, 11) is 0. The van der Waals surface area contributed by atoms with Gasteiger partial charge in [0.05, 0.1) is 6.54 Å². The Labute approximate surface area is 135 Å². The van der Waals surface area contributed by atoms with Gasteiger partial charge >= 0.3 is 6.03 Å². The molecule has 1 saturated heterocycles. The lowest BCUT2D eigenvalue weighted by Gasteiger charge is -2.36. The van der Waals surface area contributed by atoms with Gasteiger partial charge < -0.3 is 5.32 Å². The van der Waals surface area contributed by atoms with Crippen molar-refractivity contribution in [1.29, 1.82) is 0 Å². The molecule has 22 heavy (non-hydrogen) atoms. The number of nitrogens with one attached hydrogen (secondary N) is 1. The van der Waals surface area contributed by atoms with E-state index in [0.29, 0.717) is 6.54 Å². The quantitative estimate of drug-likeness (QED) is 0.686. The Bertz CT molecular complexity index is 587. The van der Waals surface area contributed by atoms with E-state index in [2.05, 4.69) is 12.2 Å². The molecule has 4 nitrogen and oxygen atoms in total. The summed E-state index contributed by atoms with van der Waals surface area (Å²) in [5.41, 5.74) is 0.330. The third-order valence-electron chi connectivity index (χ3n) is 5.00. The average Bonchev–Trinajstić information content (AvgIpc) is 2.76. The van der Waals surface area contributed by atoms with Gasteiger partial charge in [-0.05, 0) is 42.7 Å². The fraction of sp³-hybridized carbons (Fsp3) is 0.529. The van der Waals surface area contributed by atoms with Crippen molar-refractivity contribution in [2.75, 3.05) is 6.26 Å². The molecule has 0 radical (unpaired) electrons. The van der Waals surface area contributed by atoms with Crippen molar-refractivity contribution in [3.8, 4) is 0 Å². The monoisotopic (exact) mass is 318 g/mol. The summed E-state index contributed by atoms with van der Waals surface area (Å²) in [6.07, 6.45) is 5.94. The molecule has 1 spiro atoms. The third-order valence-corrected chi connectivity index (χ3v) is 5.74. The lowest BCUT2D eigenvalue weighted by Crippen LogP contribution is -2.53. The Kier molecular flexibility index (Phi) is 4.17. The number of amides is 3. The number of imide groups is 1. The smallest absolute Gasteiger partial charge is 0.323 e. The van der Waals surface area contributed by atoms with Crippen molar-refractivity contribution >= 4 is 23.7 Å². The average molecular weight is 318 g/mol. The number of carbonyl (C=O) groups excluding carboxylic acids is 2. The molecular formula is C17H22N2O2S. The number of nitrogens with zero attached hydrogens (tertiary/aromatic N) is 1. The Morgan fingerprint density at radius 3 is 2.64 bits per heavy atom. The van der Waals surface area contributed by atoms with E-state index in [4.69, 9.17) is 0 Å². The first-order valence-electron chi connectivity index (χ1n) is 7.84. The minimum atomic E-state index is -0.658. The molecule has 2 fully saturated rings. The van der Waals surface area contributed by atoms with Gasteiger partial charge in [-0.3, -0.25) is 9.69 Å². The van der Waals surface area contributed by atoms with Gasteiger partial charge in [-0.2, -0.15) is 0 Å². The van der Waals surface area contributed by atoms with Crippen molar-refractivity contribution in [2.24, 2.45) is 5.92 Å². The van der Waals surface area contributed by atoms with Crippen LogP contribution in [0.2, 0.25) is 0 Å². The minimum absolute atomic E-state index is 0.0429. The minimum Gasteiger partial charge on any atom is -0.323 e. The number of benzene rings is 1. The van der Waals surface area contributed by atoms with E-state index in [9.17, 15) is 9.59 Å². The molecule has 1 saturated carbocycles. The van der Waals surface area contributed by atoms with Crippen LogP contribution in [0.25, 0.3) is 0 Å². The Morgan fingerprint density at radius 2 is 2.00 bits per heavy atom. The summed E-state index contributed by atoms with van der Waals surface area (Å²) in [6, 6.07) is 7.78. The molecule has 2 aliphatic rings. The molecule has 3 amide bonds. The van der Waals surface area contributed by atoms with Crippen LogP contribution in [0.3, 0.4) is 0 Å². The van der Waals surface area contributed by atoms with E-state index < -0.39 is 5.54 Å². The lowest BCUT2D eigenvalue weighted by molar-refractivity contribution is -0.134. The molecule has 118 valence electrons. The van der Waals surface area contributed by atoms with E-state index in [1.165, 1.54) is 9.80 Å². The summed E-state index contributed by atoms with van der Waals surface area (Å²) in [5.74, 6) is 0.167. The summed E-state index contributed by atoms with van der Waals surface area (Å²) < 4.78 is 0. The first kappa shape index (κ1) is 15.4. The molecule has 1 heterocycles. The summed E-state index contributed by atoms with van der Waals surface area (Å²) in [4.78, 5) is 27.8. The van der Waals surface area contributed by atoms with E-state index in [1.807, 2.05) is 30.5 Å². The summed E-state index contributed by atoms with van der Waals surface area (Å²) in [5, 5.41) is 2.99. The maximum atomic E-state index is 12.9. The topological polar surface area (TPSA) is 49.4 Å². The zero-order valence-corrected chi connectivity index (χ0v) is 13.9. The standard InChI is InChI=1S/C17H22N2O2S/c1-12-5-3-4-10-17(12)15(20)19(16(21)18-17)11-13-6-8-14(22-2)9-7-13/h6-9,12H,3-5,10-11H2,1-2H3,(H,18,21)/t12-,17-/m1/s1. The molecule has 1 N–H and O–H groups in total. The molecule has 1 aliphatic carbocycles. The molecule has 1 aromatic rings. The molecule has 5 heteroatoms. The molecule has 1 aliphatic heterocycles. The van der Waals surface area contributed by atoms with Crippen molar-refractivity contribution in [3.05, 3.63) is 29.8 Å². The van der Waals surface area contributed by atoms with E-state index >= 15 is 0 Å². The van der Waals surface area contributed by atoms with Crippen LogP contribution in [-0.4, -0.2) is 28.6 Å². The van der Waals surface area contributed by atoms with Crippen molar-refractivity contribution in [1.82, 2.24) is 10.2 Å². The van der Waals surface area contributed by atoms with Crippen LogP contribution in [0.15, 0.2) is 29.2 Å². The predicted molar refractivity (Wildman–Crippen MR) is 87.7 cm³/mol. The highest BCUT2D eigenvalue weighted by Crippen LogP contribution is 2.38. The normalized spacial score (nSPS) is 28.3. The van der Waals surface area contributed by atoms with Gasteiger partial charge in [0.15, 0.2) is 0 Å². The molecule has 0 bridgehead atoms. The molecule has 0 aromatic heterocycles. The van der Waals surface area contributed by atoms with Crippen LogP contribution < -0.4 is 5.32 Å². The maximum absolute atomic E-state index is 12.9. The first-order valence-corrected chi connectivity index (χ1v) is 9.06. The lowest BCUT2D eigenvalue weighted by atomic mass is 9.73. The molecule has 2 atom stereocenters. The second kappa shape index (κ2) is 5.95. The fourth-order valence-corrected chi connectivity index (χ4v) is 3.96. The highest BCUT2D eigenvalue weighted by Gasteiger charge is 2.54. The SMILES string of the molecule is CSc1ccc(CN2C(=O)N[C@@]3(CCCC[C@H]3C)C2=O)cc1. The predicted octanol–water partition coefficient (Wildman–Crippen LogP) is 3.41. The van der Waals surface area contributed by atoms with E-state index in [-0.39, 0.29) is 17.9 Å². The summed E-state index contributed by atoms with van der Waals surface area (Å²) >= 11 is 1.68. The number of urea groups is 1. The van der Waals surface area contributed by atoms with Gasteiger partial charge in [0.1, 0.15) is 5.54 Å².